The van der Waals surface area contributed by atoms with Crippen LogP contribution in [0.4, 0.5) is 0 Å². The van der Waals surface area contributed by atoms with E-state index >= 15 is 0 Å². The summed E-state index contributed by atoms with van der Waals surface area (Å²) in [5.41, 5.74) is 0. The Labute approximate surface area is 191 Å². The summed E-state index contributed by atoms with van der Waals surface area (Å²) in [6.07, 6.45) is 9.41. The largest absolute Gasteiger partial charge is 0.357 e. The molecule has 0 radical (unpaired) electrons. The molecule has 0 aromatic carbocycles. The number of halogens is 1. The molecule has 0 aromatic heterocycles. The molecule has 1 unspecified atom stereocenters. The summed E-state index contributed by atoms with van der Waals surface area (Å²) >= 11 is 0. The maximum absolute atomic E-state index is 4.94. The summed E-state index contributed by atoms with van der Waals surface area (Å²) in [5.74, 6) is 1.94. The molecule has 28 heavy (non-hydrogen) atoms. The van der Waals surface area contributed by atoms with Gasteiger partial charge in [0.15, 0.2) is 5.96 Å². The zero-order chi connectivity index (χ0) is 19.3. The van der Waals surface area contributed by atoms with Crippen LogP contribution in [0.15, 0.2) is 4.99 Å². The van der Waals surface area contributed by atoms with Crippen LogP contribution in [-0.2, 0) is 0 Å². The Bertz CT molecular complexity index is 408. The number of nitrogens with zero attached hydrogens (tertiary/aromatic N) is 4. The van der Waals surface area contributed by atoms with Crippen molar-refractivity contribution in [1.29, 1.82) is 0 Å². The van der Waals surface area contributed by atoms with E-state index in [0.717, 1.165) is 38.1 Å². The molecule has 2 aliphatic rings. The van der Waals surface area contributed by atoms with Gasteiger partial charge in [-0.15, -0.1) is 24.0 Å². The number of nitrogens with one attached hydrogen (secondary N) is 1. The molecule has 2 rings (SSSR count). The SMILES string of the molecule is CCNC(=NCCCCCN1CCCCC1)N1CCC(CN(CC)CC)C1.I. The quantitative estimate of drug-likeness (QED) is 0.199. The normalized spacial score (nSPS) is 21.2. The van der Waals surface area contributed by atoms with Gasteiger partial charge in [0.1, 0.15) is 0 Å². The van der Waals surface area contributed by atoms with Gasteiger partial charge in [-0.3, -0.25) is 4.99 Å². The summed E-state index contributed by atoms with van der Waals surface area (Å²) in [6.45, 7) is 18.5. The first-order valence-electron chi connectivity index (χ1n) is 11.7. The summed E-state index contributed by atoms with van der Waals surface area (Å²) in [6, 6.07) is 0. The molecule has 0 aliphatic carbocycles. The van der Waals surface area contributed by atoms with Crippen molar-refractivity contribution < 1.29 is 0 Å². The number of guanidine groups is 1. The van der Waals surface area contributed by atoms with E-state index in [4.69, 9.17) is 4.99 Å². The van der Waals surface area contributed by atoms with Crippen molar-refractivity contribution in [2.75, 3.05) is 65.4 Å². The molecule has 0 spiro atoms. The van der Waals surface area contributed by atoms with E-state index in [9.17, 15) is 0 Å². The Kier molecular flexibility index (Phi) is 14.6. The number of aliphatic imine (C=N–C) groups is 1. The van der Waals surface area contributed by atoms with E-state index in [1.165, 1.54) is 84.2 Å². The minimum atomic E-state index is 0. The third-order valence-electron chi connectivity index (χ3n) is 6.17. The lowest BCUT2D eigenvalue weighted by Crippen LogP contribution is -2.41. The molecule has 1 atom stereocenters. The molecular formula is C22H46IN5. The van der Waals surface area contributed by atoms with Crippen LogP contribution < -0.4 is 5.32 Å². The van der Waals surface area contributed by atoms with Gasteiger partial charge in [0, 0.05) is 32.7 Å². The van der Waals surface area contributed by atoms with Crippen LogP contribution in [0.25, 0.3) is 0 Å². The van der Waals surface area contributed by atoms with Gasteiger partial charge in [-0.2, -0.15) is 0 Å². The first kappa shape index (κ1) is 26.0. The van der Waals surface area contributed by atoms with Crippen LogP contribution in [0.5, 0.6) is 0 Å². The van der Waals surface area contributed by atoms with Crippen LogP contribution in [0, 0.1) is 5.92 Å². The molecule has 0 saturated carbocycles. The van der Waals surface area contributed by atoms with E-state index in [1.807, 2.05) is 0 Å². The van der Waals surface area contributed by atoms with Crippen molar-refractivity contribution in [3.63, 3.8) is 0 Å². The molecular weight excluding hydrogens is 461 g/mol. The Morgan fingerprint density at radius 1 is 1.00 bits per heavy atom. The highest BCUT2D eigenvalue weighted by atomic mass is 127. The minimum absolute atomic E-state index is 0. The van der Waals surface area contributed by atoms with E-state index in [0.29, 0.717) is 0 Å². The predicted octanol–water partition coefficient (Wildman–Crippen LogP) is 3.89. The Hall–Kier alpha value is -0.0800. The topological polar surface area (TPSA) is 34.1 Å². The van der Waals surface area contributed by atoms with Gasteiger partial charge in [-0.05, 0) is 77.7 Å². The lowest BCUT2D eigenvalue weighted by molar-refractivity contribution is 0.224. The summed E-state index contributed by atoms with van der Waals surface area (Å²) in [5, 5.41) is 3.52. The lowest BCUT2D eigenvalue weighted by atomic mass is 10.1. The fraction of sp³-hybridized carbons (Fsp3) is 0.955. The first-order chi connectivity index (χ1) is 13.3. The van der Waals surface area contributed by atoms with Crippen molar-refractivity contribution in [3.8, 4) is 0 Å². The Balaban J connectivity index is 0.00000392. The number of likely N-dealkylation sites (tertiary alicyclic amines) is 2. The molecule has 2 saturated heterocycles. The van der Waals surface area contributed by atoms with E-state index in [2.05, 4.69) is 40.8 Å². The molecule has 5 nitrogen and oxygen atoms in total. The second-order valence-electron chi connectivity index (χ2n) is 8.29. The zero-order valence-electron chi connectivity index (χ0n) is 18.8. The summed E-state index contributed by atoms with van der Waals surface area (Å²) in [7, 11) is 0. The minimum Gasteiger partial charge on any atom is -0.357 e. The fourth-order valence-electron chi connectivity index (χ4n) is 4.44. The monoisotopic (exact) mass is 507 g/mol. The van der Waals surface area contributed by atoms with Gasteiger partial charge >= 0.3 is 0 Å². The van der Waals surface area contributed by atoms with Gasteiger partial charge in [-0.25, -0.2) is 0 Å². The Morgan fingerprint density at radius 2 is 1.75 bits per heavy atom. The van der Waals surface area contributed by atoms with Gasteiger partial charge in [-0.1, -0.05) is 26.7 Å². The van der Waals surface area contributed by atoms with Crippen molar-refractivity contribution in [3.05, 3.63) is 0 Å². The third kappa shape index (κ3) is 9.61. The third-order valence-corrected chi connectivity index (χ3v) is 6.17. The highest BCUT2D eigenvalue weighted by Gasteiger charge is 2.25. The predicted molar refractivity (Wildman–Crippen MR) is 133 cm³/mol. The fourth-order valence-corrected chi connectivity index (χ4v) is 4.44. The number of rotatable bonds is 11. The van der Waals surface area contributed by atoms with Gasteiger partial charge in [0.2, 0.25) is 0 Å². The molecule has 166 valence electrons. The molecule has 1 N–H and O–H groups in total. The van der Waals surface area contributed by atoms with Crippen molar-refractivity contribution in [2.24, 2.45) is 10.9 Å². The number of hydrogen-bond donors (Lipinski definition) is 1. The number of piperidine rings is 1. The second-order valence-corrected chi connectivity index (χ2v) is 8.29. The molecule has 0 bridgehead atoms. The first-order valence-corrected chi connectivity index (χ1v) is 11.7. The lowest BCUT2D eigenvalue weighted by Gasteiger charge is -2.26. The smallest absolute Gasteiger partial charge is 0.193 e. The van der Waals surface area contributed by atoms with E-state index in [-0.39, 0.29) is 24.0 Å². The number of unbranched alkanes of at least 4 members (excludes halogenated alkanes) is 2. The molecule has 0 aromatic rings. The maximum Gasteiger partial charge on any atom is 0.193 e. The summed E-state index contributed by atoms with van der Waals surface area (Å²) < 4.78 is 0. The van der Waals surface area contributed by atoms with E-state index in [1.54, 1.807) is 0 Å². The molecule has 2 aliphatic heterocycles. The maximum atomic E-state index is 4.94. The van der Waals surface area contributed by atoms with Crippen molar-refractivity contribution in [2.45, 2.75) is 65.7 Å². The van der Waals surface area contributed by atoms with E-state index < -0.39 is 0 Å². The average molecular weight is 508 g/mol. The molecule has 2 heterocycles. The van der Waals surface area contributed by atoms with Crippen LogP contribution >= 0.6 is 24.0 Å². The van der Waals surface area contributed by atoms with Crippen LogP contribution in [0.1, 0.15) is 65.7 Å². The summed E-state index contributed by atoms with van der Waals surface area (Å²) in [4.78, 5) is 12.6. The molecule has 0 amide bonds. The van der Waals surface area contributed by atoms with Gasteiger partial charge in [0.25, 0.3) is 0 Å². The standard InChI is InChI=1S/C22H45N5.HI/c1-4-23-22(27-18-13-21(20-27)19-25(5-2)6-3)24-14-9-7-10-15-26-16-11-8-12-17-26;/h21H,4-20H2,1-3H3,(H,23,24);1H. The zero-order valence-corrected chi connectivity index (χ0v) is 21.1. The van der Waals surface area contributed by atoms with Crippen LogP contribution in [0.2, 0.25) is 0 Å². The highest BCUT2D eigenvalue weighted by Crippen LogP contribution is 2.18. The van der Waals surface area contributed by atoms with Gasteiger partial charge in [0.05, 0.1) is 0 Å². The molecule has 6 heteroatoms. The van der Waals surface area contributed by atoms with Crippen LogP contribution in [0.3, 0.4) is 0 Å². The highest BCUT2D eigenvalue weighted by molar-refractivity contribution is 14.0. The van der Waals surface area contributed by atoms with Crippen LogP contribution in [-0.4, -0.2) is 86.1 Å². The average Bonchev–Trinajstić information content (AvgIpc) is 3.17. The Morgan fingerprint density at radius 3 is 2.43 bits per heavy atom. The molecule has 2 fully saturated rings. The van der Waals surface area contributed by atoms with Gasteiger partial charge < -0.3 is 20.0 Å². The second kappa shape index (κ2) is 15.7. The number of hydrogen-bond acceptors (Lipinski definition) is 3. The van der Waals surface area contributed by atoms with Crippen molar-refractivity contribution >= 4 is 29.9 Å². The van der Waals surface area contributed by atoms with Crippen molar-refractivity contribution in [1.82, 2.24) is 20.0 Å².